The van der Waals surface area contributed by atoms with E-state index in [1.165, 1.54) is 17.1 Å². The minimum atomic E-state index is -0.153. The molecule has 2 unspecified atom stereocenters. The van der Waals surface area contributed by atoms with Crippen LogP contribution in [0.1, 0.15) is 11.3 Å². The van der Waals surface area contributed by atoms with E-state index in [2.05, 4.69) is 27.4 Å². The summed E-state index contributed by atoms with van der Waals surface area (Å²) < 4.78 is 1.15. The molecule has 1 aromatic heterocycles. The maximum Gasteiger partial charge on any atom is 0.0625 e. The zero-order chi connectivity index (χ0) is 9.97. The molecule has 0 radical (unpaired) electrons. The average molecular weight is 293 g/mol. The highest BCUT2D eigenvalue weighted by Gasteiger charge is 2.24. The zero-order valence-electron chi connectivity index (χ0n) is 7.78. The third kappa shape index (κ3) is 2.54. The second-order valence-corrected chi connectivity index (χ2v) is 6.59. The molecule has 1 aliphatic rings. The molecule has 2 heterocycles. The second kappa shape index (κ2) is 5.01. The van der Waals surface area contributed by atoms with Gasteiger partial charge in [0.1, 0.15) is 0 Å². The van der Waals surface area contributed by atoms with Crippen molar-refractivity contribution in [3.05, 3.63) is 20.8 Å². The Morgan fingerprint density at radius 3 is 3.07 bits per heavy atom. The molecule has 0 spiro atoms. The quantitative estimate of drug-likeness (QED) is 0.923. The molecule has 78 valence electrons. The van der Waals surface area contributed by atoms with Crippen LogP contribution in [0.25, 0.3) is 0 Å². The molecule has 1 aliphatic heterocycles. The van der Waals surface area contributed by atoms with E-state index < -0.39 is 0 Å². The first-order valence-corrected chi connectivity index (χ1v) is 7.58. The van der Waals surface area contributed by atoms with Gasteiger partial charge < -0.3 is 5.11 Å². The van der Waals surface area contributed by atoms with Crippen molar-refractivity contribution in [1.29, 1.82) is 0 Å². The molecule has 4 heteroatoms. The van der Waals surface area contributed by atoms with E-state index in [1.807, 2.05) is 11.8 Å². The predicted octanol–water partition coefficient (Wildman–Crippen LogP) is 3.17. The van der Waals surface area contributed by atoms with Crippen LogP contribution in [0.4, 0.5) is 0 Å². The first-order valence-electron chi connectivity index (χ1n) is 4.75. The van der Waals surface area contributed by atoms with Crippen molar-refractivity contribution in [2.75, 3.05) is 11.5 Å². The fourth-order valence-corrected chi connectivity index (χ4v) is 4.58. The number of rotatable bonds is 3. The largest absolute Gasteiger partial charge is 0.392 e. The van der Waals surface area contributed by atoms with Gasteiger partial charge >= 0.3 is 0 Å². The summed E-state index contributed by atoms with van der Waals surface area (Å²) in [5.74, 6) is 2.85. The maximum atomic E-state index is 10.0. The monoisotopic (exact) mass is 292 g/mol. The molecule has 0 bridgehead atoms. The topological polar surface area (TPSA) is 20.2 Å². The highest BCUT2D eigenvalue weighted by Crippen LogP contribution is 2.30. The lowest BCUT2D eigenvalue weighted by Crippen LogP contribution is -2.22. The lowest BCUT2D eigenvalue weighted by atomic mass is 9.99. The highest BCUT2D eigenvalue weighted by molar-refractivity contribution is 9.10. The molecule has 14 heavy (non-hydrogen) atoms. The Hall–Kier alpha value is 0.490. The normalized spacial score (nSPS) is 24.0. The van der Waals surface area contributed by atoms with E-state index in [4.69, 9.17) is 0 Å². The molecule has 0 amide bonds. The van der Waals surface area contributed by atoms with Crippen molar-refractivity contribution >= 4 is 39.0 Å². The molecule has 1 saturated heterocycles. The summed E-state index contributed by atoms with van der Waals surface area (Å²) in [4.78, 5) is 1.27. The van der Waals surface area contributed by atoms with Crippen LogP contribution in [-0.2, 0) is 6.42 Å². The third-order valence-electron chi connectivity index (χ3n) is 2.59. The van der Waals surface area contributed by atoms with Crippen LogP contribution in [-0.4, -0.2) is 22.7 Å². The molecule has 0 aromatic carbocycles. The van der Waals surface area contributed by atoms with Crippen LogP contribution in [0, 0.1) is 5.92 Å². The Labute approximate surface area is 101 Å². The van der Waals surface area contributed by atoms with Crippen LogP contribution >= 0.6 is 39.0 Å². The Morgan fingerprint density at radius 1 is 1.64 bits per heavy atom. The number of hydrogen-bond acceptors (Lipinski definition) is 3. The van der Waals surface area contributed by atoms with Crippen LogP contribution in [0.3, 0.4) is 0 Å². The maximum absolute atomic E-state index is 10.0. The van der Waals surface area contributed by atoms with Gasteiger partial charge in [-0.1, -0.05) is 0 Å². The summed E-state index contributed by atoms with van der Waals surface area (Å²) in [5, 5.41) is 12.1. The van der Waals surface area contributed by atoms with E-state index in [0.717, 1.165) is 16.6 Å². The van der Waals surface area contributed by atoms with Gasteiger partial charge in [0.2, 0.25) is 0 Å². The van der Waals surface area contributed by atoms with Gasteiger partial charge in [-0.05, 0) is 51.2 Å². The SMILES string of the molecule is OC(Cc1sccc1Br)C1CCSC1. The minimum Gasteiger partial charge on any atom is -0.392 e. The number of thioether (sulfide) groups is 1. The van der Waals surface area contributed by atoms with Gasteiger partial charge in [0.15, 0.2) is 0 Å². The zero-order valence-corrected chi connectivity index (χ0v) is 11.0. The molecule has 0 saturated carbocycles. The van der Waals surface area contributed by atoms with E-state index >= 15 is 0 Å². The summed E-state index contributed by atoms with van der Waals surface area (Å²) in [5.41, 5.74) is 0. The van der Waals surface area contributed by atoms with Crippen molar-refractivity contribution in [3.63, 3.8) is 0 Å². The lowest BCUT2D eigenvalue weighted by molar-refractivity contribution is 0.121. The van der Waals surface area contributed by atoms with Gasteiger partial charge in [0.05, 0.1) is 6.10 Å². The van der Waals surface area contributed by atoms with Crippen molar-refractivity contribution in [2.24, 2.45) is 5.92 Å². The van der Waals surface area contributed by atoms with Gasteiger partial charge in [-0.25, -0.2) is 0 Å². The number of halogens is 1. The first kappa shape index (κ1) is 11.0. The Kier molecular flexibility index (Phi) is 3.93. The van der Waals surface area contributed by atoms with Crippen molar-refractivity contribution in [2.45, 2.75) is 18.9 Å². The number of hydrogen-bond donors (Lipinski definition) is 1. The molecule has 1 nitrogen and oxygen atoms in total. The fraction of sp³-hybridized carbons (Fsp3) is 0.600. The van der Waals surface area contributed by atoms with E-state index in [9.17, 15) is 5.11 Å². The van der Waals surface area contributed by atoms with Gasteiger partial charge in [0, 0.05) is 15.8 Å². The standard InChI is InChI=1S/C10H13BrOS2/c11-8-2-4-14-10(8)5-9(12)7-1-3-13-6-7/h2,4,7,9,12H,1,3,5-6H2. The van der Waals surface area contributed by atoms with Crippen molar-refractivity contribution in [3.8, 4) is 0 Å². The van der Waals surface area contributed by atoms with Crippen LogP contribution in [0.15, 0.2) is 15.9 Å². The summed E-state index contributed by atoms with van der Waals surface area (Å²) in [6.07, 6.45) is 1.83. The summed E-state index contributed by atoms with van der Waals surface area (Å²) >= 11 is 7.18. The Bertz CT molecular complexity index is 294. The summed E-state index contributed by atoms with van der Waals surface area (Å²) in [6.45, 7) is 0. The first-order chi connectivity index (χ1) is 6.77. The predicted molar refractivity (Wildman–Crippen MR) is 67.2 cm³/mol. The molecular formula is C10H13BrOS2. The van der Waals surface area contributed by atoms with Gasteiger partial charge in [0.25, 0.3) is 0 Å². The van der Waals surface area contributed by atoms with E-state index in [0.29, 0.717) is 5.92 Å². The molecule has 0 aliphatic carbocycles. The lowest BCUT2D eigenvalue weighted by Gasteiger charge is -2.16. The van der Waals surface area contributed by atoms with Crippen molar-refractivity contribution < 1.29 is 5.11 Å². The van der Waals surface area contributed by atoms with E-state index in [-0.39, 0.29) is 6.10 Å². The Morgan fingerprint density at radius 2 is 2.50 bits per heavy atom. The van der Waals surface area contributed by atoms with Crippen LogP contribution in [0.5, 0.6) is 0 Å². The van der Waals surface area contributed by atoms with Gasteiger partial charge in [-0.3, -0.25) is 0 Å². The summed E-state index contributed by atoms with van der Waals surface area (Å²) in [6, 6.07) is 2.05. The minimum absolute atomic E-state index is 0.153. The number of aliphatic hydroxyl groups is 1. The van der Waals surface area contributed by atoms with Crippen LogP contribution < -0.4 is 0 Å². The smallest absolute Gasteiger partial charge is 0.0625 e. The van der Waals surface area contributed by atoms with Crippen molar-refractivity contribution in [1.82, 2.24) is 0 Å². The molecule has 1 fully saturated rings. The van der Waals surface area contributed by atoms with Gasteiger partial charge in [-0.2, -0.15) is 11.8 Å². The summed E-state index contributed by atoms with van der Waals surface area (Å²) in [7, 11) is 0. The second-order valence-electron chi connectivity index (χ2n) is 3.59. The fourth-order valence-electron chi connectivity index (χ4n) is 1.68. The molecule has 1 N–H and O–H groups in total. The molecule has 1 aromatic rings. The molecule has 2 rings (SSSR count). The average Bonchev–Trinajstić information content (AvgIpc) is 2.77. The number of thiophene rings is 1. The molecule has 2 atom stereocenters. The number of aliphatic hydroxyl groups excluding tert-OH is 1. The van der Waals surface area contributed by atoms with Gasteiger partial charge in [-0.15, -0.1) is 11.3 Å². The highest BCUT2D eigenvalue weighted by atomic mass is 79.9. The molecular weight excluding hydrogens is 280 g/mol. The third-order valence-corrected chi connectivity index (χ3v) is 5.73. The van der Waals surface area contributed by atoms with Crippen LogP contribution in [0.2, 0.25) is 0 Å². The van der Waals surface area contributed by atoms with E-state index in [1.54, 1.807) is 11.3 Å². The Balaban J connectivity index is 1.93.